The van der Waals surface area contributed by atoms with Crippen LogP contribution in [0.2, 0.25) is 10.0 Å². The van der Waals surface area contributed by atoms with E-state index < -0.39 is 0 Å². The minimum absolute atomic E-state index is 0.283. The first-order chi connectivity index (χ1) is 10.1. The SMILES string of the molecule is N[C@@H]1CCCN(Cc2cc(Cl)c(OCC3CC3)c(Cl)c2)C1. The van der Waals surface area contributed by atoms with Crippen molar-refractivity contribution >= 4 is 23.2 Å². The molecule has 21 heavy (non-hydrogen) atoms. The van der Waals surface area contributed by atoms with Gasteiger partial charge in [-0.15, -0.1) is 0 Å². The molecular formula is C16H22Cl2N2O. The van der Waals surface area contributed by atoms with Gasteiger partial charge in [0.05, 0.1) is 16.7 Å². The van der Waals surface area contributed by atoms with Gasteiger partial charge in [-0.25, -0.2) is 0 Å². The first-order valence-electron chi connectivity index (χ1n) is 7.70. The molecule has 3 rings (SSSR count). The maximum absolute atomic E-state index is 6.33. The lowest BCUT2D eigenvalue weighted by Gasteiger charge is -2.30. The summed E-state index contributed by atoms with van der Waals surface area (Å²) in [5, 5.41) is 1.22. The standard InChI is InChI=1S/C16H22Cl2N2O/c17-14-6-12(8-20-5-1-2-13(19)9-20)7-15(18)16(14)21-10-11-3-4-11/h6-7,11,13H,1-5,8-10,19H2/t13-/m1/s1. The van der Waals surface area contributed by atoms with Crippen molar-refractivity contribution in [1.29, 1.82) is 0 Å². The highest BCUT2D eigenvalue weighted by atomic mass is 35.5. The van der Waals surface area contributed by atoms with Crippen LogP contribution in [0.4, 0.5) is 0 Å². The summed E-state index contributed by atoms with van der Waals surface area (Å²) in [6.07, 6.45) is 4.78. The molecule has 3 nitrogen and oxygen atoms in total. The average Bonchev–Trinajstić information content (AvgIpc) is 3.22. The van der Waals surface area contributed by atoms with E-state index in [1.165, 1.54) is 12.8 Å². The van der Waals surface area contributed by atoms with Gasteiger partial charge in [0, 0.05) is 19.1 Å². The van der Waals surface area contributed by atoms with E-state index in [-0.39, 0.29) is 6.04 Å². The van der Waals surface area contributed by atoms with Gasteiger partial charge in [-0.05, 0) is 55.8 Å². The van der Waals surface area contributed by atoms with Gasteiger partial charge in [-0.1, -0.05) is 23.2 Å². The van der Waals surface area contributed by atoms with Crippen LogP contribution in [0.25, 0.3) is 0 Å². The van der Waals surface area contributed by atoms with E-state index in [0.29, 0.717) is 21.7 Å². The predicted octanol–water partition coefficient (Wildman–Crippen LogP) is 3.71. The van der Waals surface area contributed by atoms with Crippen molar-refractivity contribution in [2.45, 2.75) is 38.3 Å². The topological polar surface area (TPSA) is 38.5 Å². The molecule has 0 bridgehead atoms. The second-order valence-electron chi connectivity index (χ2n) is 6.28. The summed E-state index contributed by atoms with van der Waals surface area (Å²) in [6.45, 7) is 3.59. The van der Waals surface area contributed by atoms with Crippen molar-refractivity contribution in [2.24, 2.45) is 11.7 Å². The first-order valence-corrected chi connectivity index (χ1v) is 8.46. The zero-order valence-corrected chi connectivity index (χ0v) is 13.7. The molecule has 0 aromatic heterocycles. The van der Waals surface area contributed by atoms with Crippen molar-refractivity contribution in [3.8, 4) is 5.75 Å². The van der Waals surface area contributed by atoms with Gasteiger partial charge in [0.2, 0.25) is 0 Å². The van der Waals surface area contributed by atoms with E-state index in [1.807, 2.05) is 12.1 Å². The Balaban J connectivity index is 1.65. The Kier molecular flexibility index (Phi) is 4.95. The van der Waals surface area contributed by atoms with Gasteiger partial charge in [0.15, 0.2) is 5.75 Å². The molecule has 1 heterocycles. The van der Waals surface area contributed by atoms with Gasteiger partial charge in [0.25, 0.3) is 0 Å². The minimum Gasteiger partial charge on any atom is -0.490 e. The van der Waals surface area contributed by atoms with Gasteiger partial charge in [-0.2, -0.15) is 0 Å². The summed E-state index contributed by atoms with van der Waals surface area (Å²) in [6, 6.07) is 4.22. The zero-order valence-electron chi connectivity index (χ0n) is 12.2. The summed E-state index contributed by atoms with van der Waals surface area (Å²) < 4.78 is 5.76. The number of rotatable bonds is 5. The number of ether oxygens (including phenoxy) is 1. The number of benzene rings is 1. The van der Waals surface area contributed by atoms with E-state index >= 15 is 0 Å². The molecular weight excluding hydrogens is 307 g/mol. The third-order valence-corrected chi connectivity index (χ3v) is 4.73. The highest BCUT2D eigenvalue weighted by Gasteiger charge is 2.23. The monoisotopic (exact) mass is 328 g/mol. The van der Waals surface area contributed by atoms with Gasteiger partial charge >= 0.3 is 0 Å². The highest BCUT2D eigenvalue weighted by molar-refractivity contribution is 6.37. The molecule has 0 amide bonds. The normalized spacial score (nSPS) is 23.3. The second kappa shape index (κ2) is 6.74. The molecule has 2 N–H and O–H groups in total. The quantitative estimate of drug-likeness (QED) is 0.895. The molecule has 116 valence electrons. The molecule has 1 aliphatic carbocycles. The molecule has 1 saturated heterocycles. The molecule has 1 aromatic rings. The van der Waals surface area contributed by atoms with E-state index in [4.69, 9.17) is 33.7 Å². The van der Waals surface area contributed by atoms with Crippen LogP contribution in [0.3, 0.4) is 0 Å². The molecule has 0 spiro atoms. The van der Waals surface area contributed by atoms with Crippen LogP contribution < -0.4 is 10.5 Å². The van der Waals surface area contributed by atoms with Crippen LogP contribution >= 0.6 is 23.2 Å². The predicted molar refractivity (Wildman–Crippen MR) is 87.2 cm³/mol. The number of piperidine rings is 1. The fourth-order valence-electron chi connectivity index (χ4n) is 2.82. The molecule has 1 aliphatic heterocycles. The number of likely N-dealkylation sites (tertiary alicyclic amines) is 1. The molecule has 2 fully saturated rings. The largest absolute Gasteiger partial charge is 0.490 e. The van der Waals surface area contributed by atoms with Crippen LogP contribution in [-0.4, -0.2) is 30.6 Å². The molecule has 5 heteroatoms. The first kappa shape index (κ1) is 15.4. The number of hydrogen-bond acceptors (Lipinski definition) is 3. The average molecular weight is 329 g/mol. The van der Waals surface area contributed by atoms with Gasteiger partial charge in [-0.3, -0.25) is 4.90 Å². The Bertz CT molecular complexity index is 482. The fraction of sp³-hybridized carbons (Fsp3) is 0.625. The molecule has 1 saturated carbocycles. The Morgan fingerprint density at radius 3 is 2.52 bits per heavy atom. The minimum atomic E-state index is 0.283. The number of nitrogens with two attached hydrogens (primary N) is 1. The van der Waals surface area contributed by atoms with E-state index in [2.05, 4.69) is 4.90 Å². The molecule has 1 atom stereocenters. The summed E-state index contributed by atoms with van der Waals surface area (Å²) in [4.78, 5) is 2.36. The van der Waals surface area contributed by atoms with Crippen molar-refractivity contribution in [1.82, 2.24) is 4.90 Å². The number of halogens is 2. The lowest BCUT2D eigenvalue weighted by atomic mass is 10.1. The van der Waals surface area contributed by atoms with Crippen LogP contribution in [0.15, 0.2) is 12.1 Å². The smallest absolute Gasteiger partial charge is 0.156 e. The summed E-state index contributed by atoms with van der Waals surface area (Å²) >= 11 is 12.7. The highest BCUT2D eigenvalue weighted by Crippen LogP contribution is 2.37. The lowest BCUT2D eigenvalue weighted by Crippen LogP contribution is -2.42. The van der Waals surface area contributed by atoms with E-state index in [0.717, 1.165) is 44.6 Å². The fourth-order valence-corrected chi connectivity index (χ4v) is 3.46. The molecule has 2 aliphatic rings. The third kappa shape index (κ3) is 4.26. The van der Waals surface area contributed by atoms with Crippen LogP contribution in [-0.2, 0) is 6.54 Å². The third-order valence-electron chi connectivity index (χ3n) is 4.17. The van der Waals surface area contributed by atoms with Crippen LogP contribution in [0, 0.1) is 5.92 Å². The van der Waals surface area contributed by atoms with Crippen molar-refractivity contribution in [2.75, 3.05) is 19.7 Å². The zero-order chi connectivity index (χ0) is 14.8. The Hall–Kier alpha value is -0.480. The summed E-state index contributed by atoms with van der Waals surface area (Å²) in [7, 11) is 0. The Morgan fingerprint density at radius 2 is 1.90 bits per heavy atom. The van der Waals surface area contributed by atoms with Crippen molar-refractivity contribution < 1.29 is 4.74 Å². The Morgan fingerprint density at radius 1 is 1.19 bits per heavy atom. The maximum Gasteiger partial charge on any atom is 0.156 e. The number of hydrogen-bond donors (Lipinski definition) is 1. The van der Waals surface area contributed by atoms with Crippen molar-refractivity contribution in [3.05, 3.63) is 27.7 Å². The maximum atomic E-state index is 6.33. The molecule has 1 aromatic carbocycles. The van der Waals surface area contributed by atoms with Gasteiger partial charge in [0.1, 0.15) is 0 Å². The summed E-state index contributed by atoms with van der Waals surface area (Å²) in [5.41, 5.74) is 7.15. The molecule has 0 unspecified atom stereocenters. The summed E-state index contributed by atoms with van der Waals surface area (Å²) in [5.74, 6) is 1.32. The van der Waals surface area contributed by atoms with Crippen molar-refractivity contribution in [3.63, 3.8) is 0 Å². The van der Waals surface area contributed by atoms with E-state index in [9.17, 15) is 0 Å². The van der Waals surface area contributed by atoms with Gasteiger partial charge < -0.3 is 10.5 Å². The van der Waals surface area contributed by atoms with Crippen LogP contribution in [0.1, 0.15) is 31.2 Å². The molecule has 0 radical (unpaired) electrons. The Labute approximate surface area is 136 Å². The second-order valence-corrected chi connectivity index (χ2v) is 7.09. The number of nitrogens with zero attached hydrogens (tertiary/aromatic N) is 1. The van der Waals surface area contributed by atoms with E-state index in [1.54, 1.807) is 0 Å². The van der Waals surface area contributed by atoms with Crippen LogP contribution in [0.5, 0.6) is 5.75 Å². The lowest BCUT2D eigenvalue weighted by molar-refractivity contribution is 0.201.